The third-order valence-electron chi connectivity index (χ3n) is 25.4. The van der Waals surface area contributed by atoms with Crippen LogP contribution in [0.15, 0.2) is 0 Å². The minimum absolute atomic E-state index is 0.00921. The van der Waals surface area contributed by atoms with E-state index in [-0.39, 0.29) is 30.1 Å². The van der Waals surface area contributed by atoms with Gasteiger partial charge in [-0.05, 0) is 280 Å². The lowest BCUT2D eigenvalue weighted by atomic mass is 9.67. The van der Waals surface area contributed by atoms with Crippen LogP contribution in [-0.4, -0.2) is 351 Å². The highest BCUT2D eigenvalue weighted by Gasteiger charge is 2.50. The molecule has 0 spiro atoms. The van der Waals surface area contributed by atoms with Gasteiger partial charge in [-0.3, -0.25) is 24.1 Å². The highest BCUT2D eigenvalue weighted by atomic mass is 16.5. The van der Waals surface area contributed by atoms with Gasteiger partial charge in [0.25, 0.3) is 0 Å². The van der Waals surface area contributed by atoms with Gasteiger partial charge >= 0.3 is 11.9 Å². The van der Waals surface area contributed by atoms with E-state index in [1.54, 1.807) is 35.2 Å². The Morgan fingerprint density at radius 3 is 1.18 bits per heavy atom. The third-order valence-corrected chi connectivity index (χ3v) is 25.4. The summed E-state index contributed by atoms with van der Waals surface area (Å²) in [5.41, 5.74) is 0. The molecule has 5 N–H and O–H groups in total. The number of hydrogen-bond donors (Lipinski definition) is 5. The molecule has 22 nitrogen and oxygen atoms in total. The molecule has 99 heavy (non-hydrogen) atoms. The summed E-state index contributed by atoms with van der Waals surface area (Å²) in [6, 6.07) is 0. The van der Waals surface area contributed by atoms with Crippen LogP contribution in [0.4, 0.5) is 0 Å². The normalized spacial score (nSPS) is 37.2. The number of likely N-dealkylation sites (N-methyl/N-ethyl adjacent to an activating group) is 1. The molecule has 5 aliphatic carbocycles. The van der Waals surface area contributed by atoms with Crippen LogP contribution in [0.25, 0.3) is 0 Å². The van der Waals surface area contributed by atoms with Crippen LogP contribution in [0.1, 0.15) is 136 Å². The molecule has 10 aliphatic heterocycles. The summed E-state index contributed by atoms with van der Waals surface area (Å²) in [6.07, 6.45) is 23.0. The molecule has 0 amide bonds. The fraction of sp³-hybridized carbons (Fsp3) is 0.948. The lowest BCUT2D eigenvalue weighted by Crippen LogP contribution is -2.40. The summed E-state index contributed by atoms with van der Waals surface area (Å²) in [5.74, 6) is 6.83. The minimum atomic E-state index is -0.596. The number of methoxy groups -OCH3 is 3. The van der Waals surface area contributed by atoms with Crippen molar-refractivity contribution >= 4 is 23.5 Å². The molecule has 15 rings (SSSR count). The first-order chi connectivity index (χ1) is 47.0. The number of fused-ring (bicyclic) bond motifs is 5. The van der Waals surface area contributed by atoms with E-state index < -0.39 is 11.9 Å². The van der Waals surface area contributed by atoms with Crippen molar-refractivity contribution in [3.8, 4) is 0 Å². The number of aliphatic carboxylic acids is 2. The Kier molecular flexibility index (Phi) is 37.4. The molecule has 17 atom stereocenters. The average molecular weight is 1400 g/mol. The number of carboxylic acid groups (broad SMARTS) is 2. The van der Waals surface area contributed by atoms with Gasteiger partial charge in [-0.15, -0.1) is 0 Å². The fourth-order valence-electron chi connectivity index (χ4n) is 19.1. The van der Waals surface area contributed by atoms with Gasteiger partial charge in [0, 0.05) is 143 Å². The summed E-state index contributed by atoms with van der Waals surface area (Å²) in [4.78, 5) is 66.2. The van der Waals surface area contributed by atoms with E-state index in [9.17, 15) is 34.5 Å². The number of carbonyl (C=O) groups excluding carboxylic acids is 2. The Balaban J connectivity index is 0.000000174. The second kappa shape index (κ2) is 43.3. The van der Waals surface area contributed by atoms with Gasteiger partial charge in [-0.25, -0.2) is 0 Å². The smallest absolute Gasteiger partial charge is 0.306 e. The van der Waals surface area contributed by atoms with Crippen LogP contribution in [-0.2, 0) is 33.4 Å². The first kappa shape index (κ1) is 85.6. The topological polar surface area (TPSA) is 230 Å². The maximum Gasteiger partial charge on any atom is 0.306 e. The number of nitrogens with zero attached hydrogens (tertiary/aromatic N) is 10. The number of piperidine rings is 5. The lowest BCUT2D eigenvalue weighted by molar-refractivity contribution is -0.149. The second-order valence-corrected chi connectivity index (χ2v) is 33.7. The van der Waals surface area contributed by atoms with Gasteiger partial charge in [0.05, 0.1) is 42.4 Å². The van der Waals surface area contributed by atoms with Crippen molar-refractivity contribution in [2.45, 2.75) is 173 Å². The van der Waals surface area contributed by atoms with Crippen LogP contribution in [0.5, 0.6) is 0 Å². The first-order valence-electron chi connectivity index (χ1n) is 39.0. The molecule has 15 fully saturated rings. The van der Waals surface area contributed by atoms with Gasteiger partial charge in [0.15, 0.2) is 0 Å². The number of rotatable bonds is 7. The van der Waals surface area contributed by atoms with E-state index in [1.165, 1.54) is 110 Å². The van der Waals surface area contributed by atoms with Crippen LogP contribution in [0, 0.1) is 82.9 Å². The van der Waals surface area contributed by atoms with Gasteiger partial charge in [-0.2, -0.15) is 0 Å². The van der Waals surface area contributed by atoms with Crippen LogP contribution in [0.3, 0.4) is 0 Å². The summed E-state index contributed by atoms with van der Waals surface area (Å²) in [7, 11) is 26.6. The summed E-state index contributed by atoms with van der Waals surface area (Å²) < 4.78 is 15.7. The Morgan fingerprint density at radius 1 is 0.323 bits per heavy atom. The Bertz CT molecular complexity index is 2290. The monoisotopic (exact) mass is 1400 g/mol. The maximum atomic E-state index is 10.9. The molecule has 0 aromatic carbocycles. The number of ether oxygens (including phenoxy) is 3. The largest absolute Gasteiger partial charge is 0.481 e. The summed E-state index contributed by atoms with van der Waals surface area (Å²) >= 11 is 0. The highest BCUT2D eigenvalue weighted by molar-refractivity contribution is 5.79. The molecule has 0 aromatic rings. The molecule has 10 heterocycles. The molecule has 0 aromatic heterocycles. The zero-order chi connectivity index (χ0) is 72.6. The predicted molar refractivity (Wildman–Crippen MR) is 394 cm³/mol. The average Bonchev–Trinajstić information content (AvgIpc) is 1.68. The minimum Gasteiger partial charge on any atom is -0.481 e. The van der Waals surface area contributed by atoms with Crippen LogP contribution < -0.4 is 0 Å². The van der Waals surface area contributed by atoms with E-state index in [0.29, 0.717) is 77.3 Å². The van der Waals surface area contributed by atoms with Crippen molar-refractivity contribution in [2.75, 3.05) is 216 Å². The number of aliphatic hydroxyl groups excluding tert-OH is 3. The number of aliphatic hydroxyl groups is 3. The number of hydrogen-bond acceptors (Lipinski definition) is 20. The number of likely N-dealkylation sites (tertiary alicyclic amines) is 10. The zero-order valence-electron chi connectivity index (χ0n) is 65.0. The quantitative estimate of drug-likeness (QED) is 0.201. The van der Waals surface area contributed by atoms with Crippen molar-refractivity contribution in [3.63, 3.8) is 0 Å². The molecule has 10 saturated heterocycles. The van der Waals surface area contributed by atoms with E-state index in [4.69, 9.17) is 24.4 Å². The Hall–Kier alpha value is -2.36. The lowest BCUT2D eigenvalue weighted by Gasteiger charge is -2.36. The van der Waals surface area contributed by atoms with Crippen molar-refractivity contribution in [2.24, 2.45) is 82.9 Å². The van der Waals surface area contributed by atoms with E-state index >= 15 is 0 Å². The highest BCUT2D eigenvalue weighted by Crippen LogP contribution is 2.46. The molecule has 576 valence electrons. The molecule has 0 bridgehead atoms. The van der Waals surface area contributed by atoms with Gasteiger partial charge in [-0.1, -0.05) is 0 Å². The molecule has 5 saturated carbocycles. The molecule has 15 aliphatic rings. The van der Waals surface area contributed by atoms with Gasteiger partial charge < -0.3 is 83.8 Å². The van der Waals surface area contributed by atoms with Gasteiger partial charge in [0.2, 0.25) is 0 Å². The van der Waals surface area contributed by atoms with Crippen molar-refractivity contribution in [1.29, 1.82) is 0 Å². The van der Waals surface area contributed by atoms with Crippen LogP contribution >= 0.6 is 0 Å². The van der Waals surface area contributed by atoms with Crippen molar-refractivity contribution in [1.82, 2.24) is 49.0 Å². The molecule has 0 radical (unpaired) electrons. The van der Waals surface area contributed by atoms with Crippen molar-refractivity contribution < 1.29 is 58.9 Å². The van der Waals surface area contributed by atoms with E-state index in [2.05, 4.69) is 119 Å². The third kappa shape index (κ3) is 28.1. The summed E-state index contributed by atoms with van der Waals surface area (Å²) in [6.45, 7) is 24.9. The number of ketones is 2. The Morgan fingerprint density at radius 2 is 0.768 bits per heavy atom. The van der Waals surface area contributed by atoms with E-state index in [0.717, 1.165) is 160 Å². The number of Topliss-reactive ketones (excluding diaryl/α,β-unsaturated/α-hetero) is 2. The Labute approximate surface area is 600 Å². The molecular weight excluding hydrogens is 1260 g/mol. The van der Waals surface area contributed by atoms with Crippen LogP contribution in [0.2, 0.25) is 0 Å². The van der Waals surface area contributed by atoms with E-state index in [1.807, 2.05) is 0 Å². The molecule has 17 unspecified atom stereocenters. The number of carboxylic acids is 2. The molecular formula is C77H146N10O12. The standard InChI is InChI=1S/C9H15NO2.C8H13NO2.4C8H15NO.C7H13NO.3C7H15NO/c1-10-4-6-2-3-7(9(11)12)8(6)5-10;1-9-3-5-2-6(8(10)11)7(5)4-9;1-9-4-6-2-8(10)3-7(6)5-9;1-9-4-6-2-3-8(10)7(6)5-9;1-7(10)8-3-5-9(2)6-4-8;1-7(10)8-4-3-5-9(2)6-8;1-8-3-5-2-7(9)6(5)4-8;1-8-5-3-7(9-2)4-6-8;1-8-5-3-4-7(6-8)9-2;1-8-6-4-3-5-7(8)9-2/h6-8H,2-5H2,1H3,(H,11,12);5-7H,2-4H2,1H3,(H,10,11);2*6-8,10H,2-5H2,1H3;2*8H,3-6H2,1-2H3;5-7,9H,2-4H2,1H3;3*7H,3-6H2,1-2H3. The maximum absolute atomic E-state index is 10.9. The zero-order valence-corrected chi connectivity index (χ0v) is 65.0. The second-order valence-electron chi connectivity index (χ2n) is 33.7. The number of carbonyl (C=O) groups is 4. The molecule has 22 heteroatoms. The summed E-state index contributed by atoms with van der Waals surface area (Å²) in [5, 5.41) is 45.7. The fourth-order valence-corrected chi connectivity index (χ4v) is 19.1. The van der Waals surface area contributed by atoms with Gasteiger partial charge in [0.1, 0.15) is 17.8 Å². The predicted octanol–water partition coefficient (Wildman–Crippen LogP) is 5.86. The van der Waals surface area contributed by atoms with Crippen molar-refractivity contribution in [3.05, 3.63) is 0 Å². The SMILES string of the molecule is CC(=O)C1CCCN(C)C1.CC(=O)C1CCN(C)CC1.CN1CC2CC(C(=O)O)C2C1.CN1CC2CC(O)C2C1.CN1CC2CC(O)CC2C1.CN1CC2CCC(C(=O)O)C2C1.CN1CC2CCC(O)C2C1.COC1CCCCN1C.COC1CCCN(C)C1.COC1CCN(C)CC1. The first-order valence-corrected chi connectivity index (χ1v) is 39.0.